The van der Waals surface area contributed by atoms with E-state index >= 15 is 0 Å². The van der Waals surface area contributed by atoms with Gasteiger partial charge >= 0.3 is 0 Å². The third kappa shape index (κ3) is 3.63. The van der Waals surface area contributed by atoms with Crippen molar-refractivity contribution in [2.45, 2.75) is 45.3 Å². The van der Waals surface area contributed by atoms with E-state index in [0.717, 1.165) is 31.6 Å². The minimum absolute atomic E-state index is 0.150. The van der Waals surface area contributed by atoms with Gasteiger partial charge in [0, 0.05) is 31.2 Å². The maximum absolute atomic E-state index is 6.30. The second kappa shape index (κ2) is 6.01. The van der Waals surface area contributed by atoms with Crippen molar-refractivity contribution in [3.05, 3.63) is 33.8 Å². The van der Waals surface area contributed by atoms with E-state index in [1.165, 1.54) is 0 Å². The SMILES string of the molecule is CCC1CNC(C)(C)CN1Cc1cccc(Cl)c1Cl. The number of benzene rings is 1. The first-order valence-corrected chi connectivity index (χ1v) is 7.60. The van der Waals surface area contributed by atoms with E-state index in [2.05, 4.69) is 37.1 Å². The summed E-state index contributed by atoms with van der Waals surface area (Å²) in [5, 5.41) is 4.93. The molecule has 106 valence electrons. The molecule has 0 radical (unpaired) electrons. The van der Waals surface area contributed by atoms with Gasteiger partial charge in [-0.15, -0.1) is 0 Å². The molecule has 1 unspecified atom stereocenters. The van der Waals surface area contributed by atoms with E-state index in [0.29, 0.717) is 16.1 Å². The molecule has 0 saturated carbocycles. The van der Waals surface area contributed by atoms with Gasteiger partial charge in [0.1, 0.15) is 0 Å². The van der Waals surface area contributed by atoms with Crippen molar-refractivity contribution in [1.29, 1.82) is 0 Å². The second-order valence-corrected chi connectivity index (χ2v) is 6.73. The molecule has 0 aromatic heterocycles. The highest BCUT2D eigenvalue weighted by Crippen LogP contribution is 2.28. The van der Waals surface area contributed by atoms with Crippen LogP contribution < -0.4 is 5.32 Å². The quantitative estimate of drug-likeness (QED) is 0.909. The van der Waals surface area contributed by atoms with Crippen LogP contribution in [0.25, 0.3) is 0 Å². The number of piperazine rings is 1. The molecular weight excluding hydrogens is 279 g/mol. The molecule has 0 spiro atoms. The fourth-order valence-corrected chi connectivity index (χ4v) is 3.07. The summed E-state index contributed by atoms with van der Waals surface area (Å²) in [5.74, 6) is 0. The Morgan fingerprint density at radius 3 is 2.79 bits per heavy atom. The van der Waals surface area contributed by atoms with Crippen LogP contribution in [0.4, 0.5) is 0 Å². The third-order valence-electron chi connectivity index (χ3n) is 3.81. The molecule has 1 heterocycles. The molecule has 1 aromatic carbocycles. The van der Waals surface area contributed by atoms with E-state index in [1.807, 2.05) is 12.1 Å². The van der Waals surface area contributed by atoms with E-state index in [9.17, 15) is 0 Å². The standard InChI is InChI=1S/C15H22Cl2N2/c1-4-12-8-18-15(2,3)10-19(12)9-11-6-5-7-13(16)14(11)17/h5-7,12,18H,4,8-10H2,1-3H3. The fourth-order valence-electron chi connectivity index (χ4n) is 2.69. The number of nitrogens with one attached hydrogen (secondary N) is 1. The van der Waals surface area contributed by atoms with E-state index in [-0.39, 0.29) is 5.54 Å². The van der Waals surface area contributed by atoms with Crippen molar-refractivity contribution in [3.63, 3.8) is 0 Å². The first-order valence-electron chi connectivity index (χ1n) is 6.85. The summed E-state index contributed by atoms with van der Waals surface area (Å²) >= 11 is 12.4. The van der Waals surface area contributed by atoms with Gasteiger partial charge in [0.2, 0.25) is 0 Å². The van der Waals surface area contributed by atoms with Crippen LogP contribution in [0.5, 0.6) is 0 Å². The maximum atomic E-state index is 6.30. The van der Waals surface area contributed by atoms with Crippen molar-refractivity contribution >= 4 is 23.2 Å². The zero-order chi connectivity index (χ0) is 14.0. The maximum Gasteiger partial charge on any atom is 0.0637 e. The van der Waals surface area contributed by atoms with Crippen LogP contribution in [0.15, 0.2) is 18.2 Å². The van der Waals surface area contributed by atoms with Gasteiger partial charge in [0.05, 0.1) is 10.0 Å². The summed E-state index contributed by atoms with van der Waals surface area (Å²) < 4.78 is 0. The molecule has 19 heavy (non-hydrogen) atoms. The number of nitrogens with zero attached hydrogens (tertiary/aromatic N) is 1. The molecular formula is C15H22Cl2N2. The number of halogens is 2. The van der Waals surface area contributed by atoms with Gasteiger partial charge in [-0.05, 0) is 31.9 Å². The van der Waals surface area contributed by atoms with Crippen LogP contribution in [0.3, 0.4) is 0 Å². The van der Waals surface area contributed by atoms with Crippen molar-refractivity contribution < 1.29 is 0 Å². The van der Waals surface area contributed by atoms with Crippen LogP contribution >= 0.6 is 23.2 Å². The lowest BCUT2D eigenvalue weighted by atomic mass is 9.97. The topological polar surface area (TPSA) is 15.3 Å². The van der Waals surface area contributed by atoms with Gasteiger partial charge in [-0.3, -0.25) is 4.90 Å². The van der Waals surface area contributed by atoms with Gasteiger partial charge in [0.15, 0.2) is 0 Å². The highest BCUT2D eigenvalue weighted by atomic mass is 35.5. The molecule has 4 heteroatoms. The average molecular weight is 301 g/mol. The zero-order valence-electron chi connectivity index (χ0n) is 11.8. The van der Waals surface area contributed by atoms with Gasteiger partial charge in [-0.2, -0.15) is 0 Å². The zero-order valence-corrected chi connectivity index (χ0v) is 13.4. The van der Waals surface area contributed by atoms with E-state index in [1.54, 1.807) is 0 Å². The lowest BCUT2D eigenvalue weighted by Gasteiger charge is -2.44. The number of hydrogen-bond donors (Lipinski definition) is 1. The first kappa shape index (κ1) is 15.1. The Bertz CT molecular complexity index is 446. The van der Waals surface area contributed by atoms with Crippen molar-refractivity contribution in [3.8, 4) is 0 Å². The molecule has 1 fully saturated rings. The van der Waals surface area contributed by atoms with Crippen LogP contribution in [0.2, 0.25) is 10.0 Å². The number of rotatable bonds is 3. The highest BCUT2D eigenvalue weighted by molar-refractivity contribution is 6.42. The van der Waals surface area contributed by atoms with Crippen molar-refractivity contribution in [2.75, 3.05) is 13.1 Å². The molecule has 0 amide bonds. The Morgan fingerprint density at radius 2 is 2.11 bits per heavy atom. The summed E-state index contributed by atoms with van der Waals surface area (Å²) in [5.41, 5.74) is 1.27. The van der Waals surface area contributed by atoms with Gasteiger partial charge < -0.3 is 5.32 Å². The van der Waals surface area contributed by atoms with E-state index < -0.39 is 0 Å². The molecule has 1 aromatic rings. The van der Waals surface area contributed by atoms with Crippen LogP contribution in [0.1, 0.15) is 32.8 Å². The first-order chi connectivity index (χ1) is 8.93. The van der Waals surface area contributed by atoms with E-state index in [4.69, 9.17) is 23.2 Å². The molecule has 1 saturated heterocycles. The Kier molecular flexibility index (Phi) is 4.78. The lowest BCUT2D eigenvalue weighted by molar-refractivity contribution is 0.0859. The molecule has 1 atom stereocenters. The predicted molar refractivity (Wildman–Crippen MR) is 83.0 cm³/mol. The minimum atomic E-state index is 0.150. The monoisotopic (exact) mass is 300 g/mol. The minimum Gasteiger partial charge on any atom is -0.309 e. The predicted octanol–water partition coefficient (Wildman–Crippen LogP) is 3.96. The summed E-state index contributed by atoms with van der Waals surface area (Å²) in [6.45, 7) is 9.63. The smallest absolute Gasteiger partial charge is 0.0637 e. The van der Waals surface area contributed by atoms with Gasteiger partial charge in [0.25, 0.3) is 0 Å². The summed E-state index contributed by atoms with van der Waals surface area (Å²) in [6, 6.07) is 6.43. The molecule has 1 N–H and O–H groups in total. The van der Waals surface area contributed by atoms with Crippen LogP contribution in [0, 0.1) is 0 Å². The van der Waals surface area contributed by atoms with Crippen LogP contribution in [-0.4, -0.2) is 29.6 Å². The molecule has 2 rings (SSSR count). The third-order valence-corrected chi connectivity index (χ3v) is 4.67. The summed E-state index contributed by atoms with van der Waals surface area (Å²) in [6.07, 6.45) is 1.14. The fraction of sp³-hybridized carbons (Fsp3) is 0.600. The van der Waals surface area contributed by atoms with Gasteiger partial charge in [-0.1, -0.05) is 42.3 Å². The lowest BCUT2D eigenvalue weighted by Crippen LogP contribution is -2.61. The molecule has 0 aliphatic carbocycles. The second-order valence-electron chi connectivity index (χ2n) is 5.94. The van der Waals surface area contributed by atoms with Gasteiger partial charge in [-0.25, -0.2) is 0 Å². The van der Waals surface area contributed by atoms with Crippen molar-refractivity contribution in [2.24, 2.45) is 0 Å². The molecule has 1 aliphatic heterocycles. The Labute approximate surface area is 126 Å². The Hall–Kier alpha value is -0.280. The molecule has 0 bridgehead atoms. The largest absolute Gasteiger partial charge is 0.309 e. The van der Waals surface area contributed by atoms with Crippen molar-refractivity contribution in [1.82, 2.24) is 10.2 Å². The Morgan fingerprint density at radius 1 is 1.37 bits per heavy atom. The Balaban J connectivity index is 2.17. The summed E-state index contributed by atoms with van der Waals surface area (Å²) in [4.78, 5) is 2.51. The molecule has 1 aliphatic rings. The van der Waals surface area contributed by atoms with Crippen LogP contribution in [-0.2, 0) is 6.54 Å². The normalized spacial score (nSPS) is 23.5. The highest BCUT2D eigenvalue weighted by Gasteiger charge is 2.31. The molecule has 2 nitrogen and oxygen atoms in total. The average Bonchev–Trinajstić information content (AvgIpc) is 2.34. The summed E-state index contributed by atoms with van der Waals surface area (Å²) in [7, 11) is 0. The number of hydrogen-bond acceptors (Lipinski definition) is 2.